The lowest BCUT2D eigenvalue weighted by Gasteiger charge is -1.89. The van der Waals surface area contributed by atoms with Gasteiger partial charge in [0, 0.05) is 9.77 Å². The maximum Gasteiger partial charge on any atom is 0.463 e. The van der Waals surface area contributed by atoms with E-state index >= 15 is 0 Å². The molecule has 1 aromatic rings. The molecule has 0 atom stereocenters. The van der Waals surface area contributed by atoms with Gasteiger partial charge in [0.15, 0.2) is 0 Å². The SMILES string of the molecule is Cc1ccc(C[S+]=O)cc1. The molecule has 0 spiro atoms. The quantitative estimate of drug-likeness (QED) is 0.593. The summed E-state index contributed by atoms with van der Waals surface area (Å²) >= 11 is 0.611. The van der Waals surface area contributed by atoms with Crippen LogP contribution < -0.4 is 0 Å². The van der Waals surface area contributed by atoms with Crippen LogP contribution in [0.25, 0.3) is 0 Å². The average molecular weight is 153 g/mol. The van der Waals surface area contributed by atoms with Crippen LogP contribution in [-0.4, -0.2) is 0 Å². The number of hydrogen-bond acceptors (Lipinski definition) is 1. The van der Waals surface area contributed by atoms with E-state index in [1.165, 1.54) is 5.56 Å². The Kier molecular flexibility index (Phi) is 2.51. The van der Waals surface area contributed by atoms with Crippen molar-refractivity contribution in [2.45, 2.75) is 12.7 Å². The van der Waals surface area contributed by atoms with Crippen LogP contribution in [0.1, 0.15) is 11.1 Å². The zero-order valence-electron chi connectivity index (χ0n) is 5.83. The molecule has 1 rings (SSSR count). The van der Waals surface area contributed by atoms with Gasteiger partial charge in [-0.2, -0.15) is 0 Å². The van der Waals surface area contributed by atoms with Crippen molar-refractivity contribution in [2.75, 3.05) is 0 Å². The molecule has 0 amide bonds. The van der Waals surface area contributed by atoms with Gasteiger partial charge in [0.05, 0.1) is 0 Å². The lowest BCUT2D eigenvalue weighted by molar-refractivity contribution is 0.604. The summed E-state index contributed by atoms with van der Waals surface area (Å²) in [4.78, 5) is 0. The second-order valence-corrected chi connectivity index (χ2v) is 2.77. The van der Waals surface area contributed by atoms with E-state index in [9.17, 15) is 4.21 Å². The molecule has 1 aromatic carbocycles. The fourth-order valence-electron chi connectivity index (χ4n) is 0.752. The van der Waals surface area contributed by atoms with E-state index in [1.54, 1.807) is 0 Å². The summed E-state index contributed by atoms with van der Waals surface area (Å²) in [5, 5.41) is 0. The molecule has 0 aliphatic carbocycles. The molecule has 0 saturated carbocycles. The van der Waals surface area contributed by atoms with Crippen molar-refractivity contribution in [3.63, 3.8) is 0 Å². The van der Waals surface area contributed by atoms with Crippen LogP contribution in [0.2, 0.25) is 0 Å². The van der Waals surface area contributed by atoms with Crippen molar-refractivity contribution >= 4 is 11.7 Å². The highest BCUT2D eigenvalue weighted by molar-refractivity contribution is 7.64. The Morgan fingerprint density at radius 3 is 2.40 bits per heavy atom. The van der Waals surface area contributed by atoms with Crippen LogP contribution >= 0.6 is 0 Å². The third kappa shape index (κ3) is 1.88. The summed E-state index contributed by atoms with van der Waals surface area (Å²) < 4.78 is 10.1. The van der Waals surface area contributed by atoms with Gasteiger partial charge >= 0.3 is 11.7 Å². The van der Waals surface area contributed by atoms with Crippen LogP contribution in [-0.2, 0) is 21.6 Å². The van der Waals surface area contributed by atoms with Crippen LogP contribution in [0.3, 0.4) is 0 Å². The zero-order chi connectivity index (χ0) is 7.40. The predicted octanol–water partition coefficient (Wildman–Crippen LogP) is 1.92. The molecule has 0 aliphatic rings. The summed E-state index contributed by atoms with van der Waals surface area (Å²) in [6.07, 6.45) is 0. The average Bonchev–Trinajstić information content (AvgIpc) is 1.95. The maximum absolute atomic E-state index is 10.1. The molecule has 0 aliphatic heterocycles. The first kappa shape index (κ1) is 7.35. The van der Waals surface area contributed by atoms with Gasteiger partial charge in [-0.15, -0.1) is 0 Å². The maximum atomic E-state index is 10.1. The molecular formula is C8H9OS+. The number of benzene rings is 1. The highest BCUT2D eigenvalue weighted by Gasteiger charge is 1.99. The van der Waals surface area contributed by atoms with Crippen LogP contribution in [0, 0.1) is 6.92 Å². The number of hydrogen-bond donors (Lipinski definition) is 0. The molecule has 0 unspecified atom stereocenters. The number of rotatable bonds is 2. The van der Waals surface area contributed by atoms with E-state index in [1.807, 2.05) is 31.2 Å². The van der Waals surface area contributed by atoms with Crippen molar-refractivity contribution in [3.8, 4) is 0 Å². The Labute approximate surface area is 64.6 Å². The molecule has 1 nitrogen and oxygen atoms in total. The highest BCUT2D eigenvalue weighted by atomic mass is 32.1. The molecule has 0 saturated heterocycles. The van der Waals surface area contributed by atoms with E-state index in [0.29, 0.717) is 17.4 Å². The fourth-order valence-corrected chi connectivity index (χ4v) is 1.08. The van der Waals surface area contributed by atoms with Gasteiger partial charge in [0.1, 0.15) is 0 Å². The molecule has 0 fully saturated rings. The van der Waals surface area contributed by atoms with Gasteiger partial charge < -0.3 is 0 Å². The molecule has 0 radical (unpaired) electrons. The molecule has 0 aromatic heterocycles. The van der Waals surface area contributed by atoms with Gasteiger partial charge in [-0.25, -0.2) is 0 Å². The third-order valence-electron chi connectivity index (χ3n) is 1.35. The minimum atomic E-state index is 0.570. The van der Waals surface area contributed by atoms with Gasteiger partial charge in [-0.05, 0) is 6.92 Å². The van der Waals surface area contributed by atoms with Gasteiger partial charge in [-0.1, -0.05) is 29.8 Å². The third-order valence-corrected chi connectivity index (χ3v) is 1.80. The minimum absolute atomic E-state index is 0.570. The van der Waals surface area contributed by atoms with E-state index < -0.39 is 0 Å². The summed E-state index contributed by atoms with van der Waals surface area (Å²) in [6.45, 7) is 2.04. The van der Waals surface area contributed by atoms with Crippen molar-refractivity contribution in [1.29, 1.82) is 0 Å². The Balaban J connectivity index is 2.78. The first-order valence-corrected chi connectivity index (χ1v) is 4.04. The summed E-state index contributed by atoms with van der Waals surface area (Å²) in [5.74, 6) is 0.570. The Morgan fingerprint density at radius 2 is 1.90 bits per heavy atom. The largest absolute Gasteiger partial charge is 0.463 e. The van der Waals surface area contributed by atoms with Gasteiger partial charge in [0.2, 0.25) is 0 Å². The number of aryl methyl sites for hydroxylation is 1. The normalized spacial score (nSPS) is 9.30. The van der Waals surface area contributed by atoms with Gasteiger partial charge in [-0.3, -0.25) is 0 Å². The molecule has 0 N–H and O–H groups in total. The van der Waals surface area contributed by atoms with E-state index in [4.69, 9.17) is 0 Å². The first-order valence-electron chi connectivity index (χ1n) is 3.13. The summed E-state index contributed by atoms with van der Waals surface area (Å²) in [7, 11) is 0. The van der Waals surface area contributed by atoms with Crippen LogP contribution in [0.4, 0.5) is 0 Å². The Hall–Kier alpha value is -0.760. The van der Waals surface area contributed by atoms with Crippen molar-refractivity contribution in [1.82, 2.24) is 0 Å². The van der Waals surface area contributed by atoms with E-state index in [2.05, 4.69) is 0 Å². The van der Waals surface area contributed by atoms with E-state index in [-0.39, 0.29) is 0 Å². The highest BCUT2D eigenvalue weighted by Crippen LogP contribution is 2.02. The van der Waals surface area contributed by atoms with Crippen molar-refractivity contribution < 1.29 is 4.21 Å². The van der Waals surface area contributed by atoms with Crippen molar-refractivity contribution in [2.24, 2.45) is 0 Å². The first-order chi connectivity index (χ1) is 4.83. The van der Waals surface area contributed by atoms with Crippen molar-refractivity contribution in [3.05, 3.63) is 35.4 Å². The topological polar surface area (TPSA) is 17.1 Å². The minimum Gasteiger partial charge on any atom is -0.0589 e. The Bertz CT molecular complexity index is 215. The van der Waals surface area contributed by atoms with E-state index in [0.717, 1.165) is 5.56 Å². The molecule has 0 heterocycles. The smallest absolute Gasteiger partial charge is 0.0589 e. The summed E-state index contributed by atoms with van der Waals surface area (Å²) in [5.41, 5.74) is 2.34. The lowest BCUT2D eigenvalue weighted by Crippen LogP contribution is -1.80. The molecule has 0 bridgehead atoms. The predicted molar refractivity (Wildman–Crippen MR) is 42.9 cm³/mol. The van der Waals surface area contributed by atoms with Crippen LogP contribution in [0.5, 0.6) is 0 Å². The zero-order valence-corrected chi connectivity index (χ0v) is 6.65. The van der Waals surface area contributed by atoms with Crippen LogP contribution in [0.15, 0.2) is 24.3 Å². The molecule has 2 heteroatoms. The second-order valence-electron chi connectivity index (χ2n) is 2.25. The monoisotopic (exact) mass is 153 g/mol. The molecule has 10 heavy (non-hydrogen) atoms. The lowest BCUT2D eigenvalue weighted by atomic mass is 10.2. The standard InChI is InChI=1S/C8H9OS/c1-7-2-4-8(5-3-7)6-10-9/h2-5H,6H2,1H3/q+1. The van der Waals surface area contributed by atoms with Gasteiger partial charge in [0.25, 0.3) is 5.75 Å². The fraction of sp³-hybridized carbons (Fsp3) is 0.250. The molecular weight excluding hydrogens is 144 g/mol. The second kappa shape index (κ2) is 3.42. The Morgan fingerprint density at radius 1 is 1.30 bits per heavy atom. The summed E-state index contributed by atoms with van der Waals surface area (Å²) in [6, 6.07) is 8.01. The molecule has 52 valence electrons.